The lowest BCUT2D eigenvalue weighted by atomic mass is 10.0. The molecule has 0 saturated heterocycles. The summed E-state index contributed by atoms with van der Waals surface area (Å²) in [5.74, 6) is -1.60. The molecule has 13 heteroatoms. The highest BCUT2D eigenvalue weighted by Crippen LogP contribution is 2.39. The molecule has 0 aromatic heterocycles. The highest BCUT2D eigenvalue weighted by molar-refractivity contribution is 6.04. The number of hydrogen-bond acceptors (Lipinski definition) is 3. The van der Waals surface area contributed by atoms with Crippen LogP contribution in [-0.4, -0.2) is 23.3 Å². The van der Waals surface area contributed by atoms with Gasteiger partial charge in [-0.25, -0.2) is 0 Å². The molecule has 206 valence electrons. The molecule has 0 spiro atoms. The number of ether oxygens (including phenoxy) is 1. The maximum absolute atomic E-state index is 13.3. The molecule has 1 atom stereocenters. The van der Waals surface area contributed by atoms with Crippen LogP contribution in [0.2, 0.25) is 0 Å². The average molecular weight is 558 g/mol. The number of carbonyl (C=O) groups excluding carboxylic acids is 2. The molecule has 0 radical (unpaired) electrons. The maximum atomic E-state index is 13.3. The van der Waals surface area contributed by atoms with Gasteiger partial charge in [-0.1, -0.05) is 30.3 Å². The summed E-state index contributed by atoms with van der Waals surface area (Å²) < 4.78 is 109. The predicted octanol–water partition coefficient (Wildman–Crippen LogP) is 6.34. The lowest BCUT2D eigenvalue weighted by molar-refractivity contribution is -0.143. The van der Waals surface area contributed by atoms with Crippen molar-refractivity contribution in [1.82, 2.24) is 10.2 Å². The number of hydrogen-bond donors (Lipinski definition) is 1. The summed E-state index contributed by atoms with van der Waals surface area (Å²) in [5, 5.41) is 2.57. The van der Waals surface area contributed by atoms with Gasteiger partial charge in [-0.15, -0.1) is 0 Å². The second-order valence-corrected chi connectivity index (χ2v) is 8.58. The molecule has 0 aliphatic carbocycles. The highest BCUT2D eigenvalue weighted by Gasteiger charge is 2.42. The van der Waals surface area contributed by atoms with Gasteiger partial charge in [0, 0.05) is 18.7 Å². The van der Waals surface area contributed by atoms with Crippen LogP contribution in [0.1, 0.15) is 44.2 Å². The van der Waals surface area contributed by atoms with Crippen LogP contribution in [0.4, 0.5) is 35.1 Å². The van der Waals surface area contributed by atoms with E-state index in [0.29, 0.717) is 17.7 Å². The van der Waals surface area contributed by atoms with Gasteiger partial charge in [-0.3, -0.25) is 9.59 Å². The Morgan fingerprint density at radius 3 is 2.03 bits per heavy atom. The summed E-state index contributed by atoms with van der Waals surface area (Å²) in [6.07, 6.45) is -10.2. The van der Waals surface area contributed by atoms with E-state index in [4.69, 9.17) is 0 Å². The Kier molecular flexibility index (Phi) is 7.53. The molecule has 0 saturated carbocycles. The zero-order chi connectivity index (χ0) is 28.5. The van der Waals surface area contributed by atoms with E-state index >= 15 is 0 Å². The van der Waals surface area contributed by atoms with Crippen molar-refractivity contribution in [2.45, 2.75) is 38.1 Å². The molecule has 3 aromatic rings. The van der Waals surface area contributed by atoms with E-state index in [1.807, 2.05) is 0 Å². The summed E-state index contributed by atoms with van der Waals surface area (Å²) in [6, 6.07) is 10.8. The lowest BCUT2D eigenvalue weighted by Crippen LogP contribution is -2.38. The minimum Gasteiger partial charge on any atom is -0.435 e. The van der Waals surface area contributed by atoms with Crippen LogP contribution in [-0.2, 0) is 30.2 Å². The molecule has 1 heterocycles. The first kappa shape index (κ1) is 27.9. The van der Waals surface area contributed by atoms with Crippen LogP contribution in [0.25, 0.3) is 0 Å². The zero-order valence-corrected chi connectivity index (χ0v) is 19.6. The first-order chi connectivity index (χ1) is 18.2. The highest BCUT2D eigenvalue weighted by atomic mass is 19.4. The summed E-state index contributed by atoms with van der Waals surface area (Å²) in [4.78, 5) is 27.2. The van der Waals surface area contributed by atoms with Gasteiger partial charge in [0.25, 0.3) is 5.91 Å². The first-order valence-electron chi connectivity index (χ1n) is 11.2. The van der Waals surface area contributed by atoms with Gasteiger partial charge in [0.2, 0.25) is 5.91 Å². The number of alkyl halides is 8. The minimum atomic E-state index is -5.08. The van der Waals surface area contributed by atoms with E-state index in [1.165, 1.54) is 48.5 Å². The van der Waals surface area contributed by atoms with Gasteiger partial charge in [0.1, 0.15) is 11.8 Å². The second-order valence-electron chi connectivity index (χ2n) is 8.58. The van der Waals surface area contributed by atoms with Crippen LogP contribution in [0.15, 0.2) is 66.7 Å². The smallest absolute Gasteiger partial charge is 0.416 e. The molecule has 2 amide bonds. The fraction of sp³-hybridized carbons (Fsp3) is 0.231. The maximum Gasteiger partial charge on any atom is 0.416 e. The monoisotopic (exact) mass is 558 g/mol. The van der Waals surface area contributed by atoms with Crippen molar-refractivity contribution in [1.29, 1.82) is 0 Å². The molecular formula is C26H18F8N2O3. The van der Waals surface area contributed by atoms with Gasteiger partial charge in [0.05, 0.1) is 11.1 Å². The van der Waals surface area contributed by atoms with E-state index in [-0.39, 0.29) is 29.5 Å². The number of fused-ring (bicyclic) bond motifs is 1. The van der Waals surface area contributed by atoms with Crippen molar-refractivity contribution in [2.75, 3.05) is 0 Å². The predicted molar refractivity (Wildman–Crippen MR) is 120 cm³/mol. The van der Waals surface area contributed by atoms with Crippen LogP contribution in [0.3, 0.4) is 0 Å². The lowest BCUT2D eigenvalue weighted by Gasteiger charge is -2.25. The van der Waals surface area contributed by atoms with Crippen molar-refractivity contribution in [2.24, 2.45) is 0 Å². The molecule has 1 aliphatic rings. The number of carbonyl (C=O) groups is 2. The summed E-state index contributed by atoms with van der Waals surface area (Å²) in [6.45, 7) is -3.85. The number of halogens is 8. The molecule has 0 fully saturated rings. The van der Waals surface area contributed by atoms with E-state index in [0.717, 1.165) is 4.90 Å². The average Bonchev–Trinajstić information content (AvgIpc) is 3.13. The van der Waals surface area contributed by atoms with Crippen LogP contribution in [0.5, 0.6) is 5.75 Å². The third kappa shape index (κ3) is 6.29. The number of nitrogens with zero attached hydrogens (tertiary/aromatic N) is 1. The third-order valence-electron chi connectivity index (χ3n) is 5.92. The quantitative estimate of drug-likeness (QED) is 0.345. The largest absolute Gasteiger partial charge is 0.435 e. The fourth-order valence-corrected chi connectivity index (χ4v) is 4.20. The van der Waals surface area contributed by atoms with Crippen molar-refractivity contribution in [3.05, 3.63) is 100 Å². The van der Waals surface area contributed by atoms with Crippen molar-refractivity contribution in [3.63, 3.8) is 0 Å². The zero-order valence-electron chi connectivity index (χ0n) is 19.6. The molecule has 3 aromatic carbocycles. The normalized spacial score (nSPS) is 15.5. The summed E-state index contributed by atoms with van der Waals surface area (Å²) in [7, 11) is 0. The Hall–Kier alpha value is -4.16. The number of nitrogens with one attached hydrogen (secondary N) is 1. The van der Waals surface area contributed by atoms with Crippen LogP contribution in [0, 0.1) is 0 Å². The standard InChI is InChI=1S/C26H18F8N2O3/c27-24(28)39-18-7-5-14(6-8-18)12-35-22(37)21-19-3-1-2-4-20(19)23(38)36(21)13-15-9-16(25(29,30)31)11-17(10-15)26(32,33)34/h1-11,21,24H,12-13H2,(H,35,37). The van der Waals surface area contributed by atoms with E-state index in [2.05, 4.69) is 10.1 Å². The SMILES string of the molecule is O=C(NCc1ccc(OC(F)F)cc1)C1c2ccccc2C(=O)N1Cc1cc(C(F)(F)F)cc(C(F)(F)F)c1. The molecule has 1 unspecified atom stereocenters. The fourth-order valence-electron chi connectivity index (χ4n) is 4.20. The third-order valence-corrected chi connectivity index (χ3v) is 5.92. The van der Waals surface area contributed by atoms with Gasteiger partial charge < -0.3 is 15.0 Å². The topological polar surface area (TPSA) is 58.6 Å². The molecule has 4 rings (SSSR count). The second kappa shape index (κ2) is 10.5. The Bertz CT molecular complexity index is 1340. The minimum absolute atomic E-state index is 0.0220. The van der Waals surface area contributed by atoms with Crippen LogP contribution >= 0.6 is 0 Å². The molecular weight excluding hydrogens is 540 g/mol. The number of rotatable bonds is 7. The van der Waals surface area contributed by atoms with E-state index in [1.54, 1.807) is 0 Å². The molecule has 1 aliphatic heterocycles. The van der Waals surface area contributed by atoms with Crippen molar-refractivity contribution in [3.8, 4) is 5.75 Å². The van der Waals surface area contributed by atoms with Crippen molar-refractivity contribution >= 4 is 11.8 Å². The molecule has 1 N–H and O–H groups in total. The van der Waals surface area contributed by atoms with Gasteiger partial charge in [-0.2, -0.15) is 35.1 Å². The summed E-state index contributed by atoms with van der Waals surface area (Å²) in [5.41, 5.74) is -2.78. The Morgan fingerprint density at radius 2 is 1.46 bits per heavy atom. The van der Waals surface area contributed by atoms with E-state index < -0.39 is 60.1 Å². The van der Waals surface area contributed by atoms with Crippen LogP contribution < -0.4 is 10.1 Å². The van der Waals surface area contributed by atoms with Gasteiger partial charge in [-0.05, 0) is 53.1 Å². The van der Waals surface area contributed by atoms with Crippen molar-refractivity contribution < 1.29 is 49.4 Å². The first-order valence-corrected chi connectivity index (χ1v) is 11.2. The molecule has 39 heavy (non-hydrogen) atoms. The Balaban J connectivity index is 1.61. The molecule has 0 bridgehead atoms. The summed E-state index contributed by atoms with van der Waals surface area (Å²) >= 11 is 0. The number of amides is 2. The van der Waals surface area contributed by atoms with Gasteiger partial charge >= 0.3 is 19.0 Å². The Labute approximate surface area is 216 Å². The van der Waals surface area contributed by atoms with Gasteiger partial charge in [0.15, 0.2) is 0 Å². The number of benzene rings is 3. The Morgan fingerprint density at radius 1 is 0.872 bits per heavy atom. The van der Waals surface area contributed by atoms with E-state index in [9.17, 15) is 44.7 Å². The molecule has 5 nitrogen and oxygen atoms in total.